The SMILES string of the molecule is CCCCN1C(=O)C(=O)/C(=C(\O)c2ccccc2OC)C1c1ccccc1F. The number of carbonyl (C=O) groups is 2. The predicted molar refractivity (Wildman–Crippen MR) is 103 cm³/mol. The lowest BCUT2D eigenvalue weighted by atomic mass is 9.94. The third-order valence-electron chi connectivity index (χ3n) is 4.85. The molecule has 0 aromatic heterocycles. The van der Waals surface area contributed by atoms with Gasteiger partial charge in [0.25, 0.3) is 11.7 Å². The van der Waals surface area contributed by atoms with Gasteiger partial charge in [0.2, 0.25) is 0 Å². The van der Waals surface area contributed by atoms with E-state index in [0.29, 0.717) is 18.7 Å². The number of hydrogen-bond donors (Lipinski definition) is 1. The highest BCUT2D eigenvalue weighted by Crippen LogP contribution is 2.41. The van der Waals surface area contributed by atoms with Gasteiger partial charge in [-0.05, 0) is 24.6 Å². The van der Waals surface area contributed by atoms with Crippen LogP contribution in [0.2, 0.25) is 0 Å². The van der Waals surface area contributed by atoms with E-state index in [1.54, 1.807) is 30.3 Å². The standard InChI is InChI=1S/C22H22FNO4/c1-3-4-13-24-19(14-9-5-7-11-16(14)23)18(21(26)22(24)27)20(25)15-10-6-8-12-17(15)28-2/h5-12,19,25H,3-4,13H2,1-2H3/b20-18-. The highest BCUT2D eigenvalue weighted by atomic mass is 19.1. The Hall–Kier alpha value is -3.15. The molecule has 1 aliphatic heterocycles. The number of methoxy groups -OCH3 is 1. The predicted octanol–water partition coefficient (Wildman–Crippen LogP) is 4.06. The number of amides is 1. The number of benzene rings is 2. The number of hydrogen-bond acceptors (Lipinski definition) is 4. The zero-order chi connectivity index (χ0) is 20.3. The van der Waals surface area contributed by atoms with Crippen molar-refractivity contribution in [1.29, 1.82) is 0 Å². The molecule has 0 spiro atoms. The van der Waals surface area contributed by atoms with Crippen LogP contribution in [0.15, 0.2) is 54.1 Å². The van der Waals surface area contributed by atoms with Crippen LogP contribution in [0.25, 0.3) is 5.76 Å². The van der Waals surface area contributed by atoms with E-state index in [1.165, 1.54) is 30.2 Å². The number of likely N-dealkylation sites (tertiary alicyclic amines) is 1. The molecule has 1 N–H and O–H groups in total. The summed E-state index contributed by atoms with van der Waals surface area (Å²) in [6.45, 7) is 2.26. The van der Waals surface area contributed by atoms with Gasteiger partial charge in [0, 0.05) is 12.1 Å². The number of Topliss-reactive ketones (excluding diaryl/α,β-unsaturated/α-hetero) is 1. The molecule has 2 aromatic carbocycles. The second-order valence-electron chi connectivity index (χ2n) is 6.57. The van der Waals surface area contributed by atoms with E-state index in [0.717, 1.165) is 6.42 Å². The summed E-state index contributed by atoms with van der Waals surface area (Å²) >= 11 is 0. The first-order valence-electron chi connectivity index (χ1n) is 9.17. The van der Waals surface area contributed by atoms with Gasteiger partial charge in [0.05, 0.1) is 24.3 Å². The van der Waals surface area contributed by atoms with Gasteiger partial charge >= 0.3 is 0 Å². The Balaban J connectivity index is 2.23. The monoisotopic (exact) mass is 383 g/mol. The summed E-state index contributed by atoms with van der Waals surface area (Å²) in [7, 11) is 1.44. The van der Waals surface area contributed by atoms with E-state index >= 15 is 0 Å². The zero-order valence-corrected chi connectivity index (χ0v) is 15.8. The van der Waals surface area contributed by atoms with Crippen LogP contribution in [-0.2, 0) is 9.59 Å². The molecule has 0 saturated carbocycles. The van der Waals surface area contributed by atoms with Crippen molar-refractivity contribution >= 4 is 17.4 Å². The lowest BCUT2D eigenvalue weighted by Crippen LogP contribution is -2.31. The Kier molecular flexibility index (Phi) is 5.78. The summed E-state index contributed by atoms with van der Waals surface area (Å²) in [5.74, 6) is -2.12. The summed E-state index contributed by atoms with van der Waals surface area (Å²) in [6, 6.07) is 11.6. The molecule has 6 heteroatoms. The molecule has 0 radical (unpaired) electrons. The highest BCUT2D eigenvalue weighted by molar-refractivity contribution is 6.46. The van der Waals surface area contributed by atoms with Gasteiger partial charge in [-0.15, -0.1) is 0 Å². The van der Waals surface area contributed by atoms with Gasteiger partial charge in [-0.2, -0.15) is 0 Å². The number of carbonyl (C=O) groups excluding carboxylic acids is 2. The molecule has 1 unspecified atom stereocenters. The Labute approximate surface area is 163 Å². The molecule has 1 atom stereocenters. The number of aliphatic hydroxyl groups excluding tert-OH is 1. The largest absolute Gasteiger partial charge is 0.507 e. The van der Waals surface area contributed by atoms with E-state index in [9.17, 15) is 19.1 Å². The fourth-order valence-corrected chi connectivity index (χ4v) is 3.44. The number of ketones is 1. The third kappa shape index (κ3) is 3.38. The minimum atomic E-state index is -0.988. The number of aliphatic hydroxyl groups is 1. The van der Waals surface area contributed by atoms with Crippen molar-refractivity contribution < 1.29 is 23.8 Å². The summed E-state index contributed by atoms with van der Waals surface area (Å²) in [5, 5.41) is 11.0. The Bertz CT molecular complexity index is 938. The fraction of sp³-hybridized carbons (Fsp3) is 0.273. The maximum Gasteiger partial charge on any atom is 0.295 e. The molecule has 1 heterocycles. The van der Waals surface area contributed by atoms with Crippen molar-refractivity contribution in [2.75, 3.05) is 13.7 Å². The lowest BCUT2D eigenvalue weighted by Gasteiger charge is -2.25. The molecular formula is C22H22FNO4. The molecule has 0 bridgehead atoms. The highest BCUT2D eigenvalue weighted by Gasteiger charge is 2.46. The molecule has 146 valence electrons. The van der Waals surface area contributed by atoms with Crippen LogP contribution < -0.4 is 4.74 Å². The van der Waals surface area contributed by atoms with Crippen LogP contribution in [0.1, 0.15) is 36.9 Å². The van der Waals surface area contributed by atoms with Gasteiger partial charge < -0.3 is 14.7 Å². The van der Waals surface area contributed by atoms with Crippen LogP contribution in [0.4, 0.5) is 4.39 Å². The third-order valence-corrected chi connectivity index (χ3v) is 4.85. The quantitative estimate of drug-likeness (QED) is 0.464. The minimum absolute atomic E-state index is 0.129. The summed E-state index contributed by atoms with van der Waals surface area (Å²) < 4.78 is 19.9. The number of unbranched alkanes of at least 4 members (excludes halogenated alkanes) is 1. The second kappa shape index (κ2) is 8.25. The van der Waals surface area contributed by atoms with Gasteiger partial charge in [0.1, 0.15) is 17.3 Å². The van der Waals surface area contributed by atoms with E-state index in [4.69, 9.17) is 4.74 Å². The first-order chi connectivity index (χ1) is 13.5. The Morgan fingerprint density at radius 3 is 2.50 bits per heavy atom. The zero-order valence-electron chi connectivity index (χ0n) is 15.8. The van der Waals surface area contributed by atoms with Gasteiger partial charge in [-0.3, -0.25) is 9.59 Å². The molecule has 2 aromatic rings. The first kappa shape index (κ1) is 19.6. The van der Waals surface area contributed by atoms with Crippen LogP contribution in [0.3, 0.4) is 0 Å². The van der Waals surface area contributed by atoms with Crippen molar-refractivity contribution in [3.05, 3.63) is 71.0 Å². The number of nitrogens with zero attached hydrogens (tertiary/aromatic N) is 1. The van der Waals surface area contributed by atoms with Crippen LogP contribution in [0, 0.1) is 5.82 Å². The van der Waals surface area contributed by atoms with Crippen LogP contribution in [0.5, 0.6) is 5.75 Å². The van der Waals surface area contributed by atoms with Crippen LogP contribution >= 0.6 is 0 Å². The molecule has 1 amide bonds. The molecule has 1 saturated heterocycles. The summed E-state index contributed by atoms with van der Waals surface area (Å²) in [5.41, 5.74) is 0.324. The number of halogens is 1. The van der Waals surface area contributed by atoms with E-state index in [2.05, 4.69) is 0 Å². The van der Waals surface area contributed by atoms with Crippen molar-refractivity contribution in [2.24, 2.45) is 0 Å². The van der Waals surface area contributed by atoms with E-state index < -0.39 is 23.5 Å². The maximum absolute atomic E-state index is 14.6. The summed E-state index contributed by atoms with van der Waals surface area (Å²) in [4.78, 5) is 26.8. The molecule has 3 rings (SSSR count). The second-order valence-corrected chi connectivity index (χ2v) is 6.57. The average molecular weight is 383 g/mol. The van der Waals surface area contributed by atoms with Crippen molar-refractivity contribution in [2.45, 2.75) is 25.8 Å². The number of para-hydroxylation sites is 1. The van der Waals surface area contributed by atoms with Gasteiger partial charge in [0.15, 0.2) is 0 Å². The number of ether oxygens (including phenoxy) is 1. The summed E-state index contributed by atoms with van der Waals surface area (Å²) in [6.07, 6.45) is 1.46. The fourth-order valence-electron chi connectivity index (χ4n) is 3.44. The van der Waals surface area contributed by atoms with Gasteiger partial charge in [-0.1, -0.05) is 43.7 Å². The molecular weight excluding hydrogens is 361 g/mol. The maximum atomic E-state index is 14.6. The molecule has 28 heavy (non-hydrogen) atoms. The molecule has 1 fully saturated rings. The smallest absolute Gasteiger partial charge is 0.295 e. The Morgan fingerprint density at radius 2 is 1.82 bits per heavy atom. The minimum Gasteiger partial charge on any atom is -0.507 e. The molecule has 5 nitrogen and oxygen atoms in total. The Morgan fingerprint density at radius 1 is 1.14 bits per heavy atom. The molecule has 1 aliphatic rings. The average Bonchev–Trinajstić information content (AvgIpc) is 2.96. The van der Waals surface area contributed by atoms with E-state index in [1.807, 2.05) is 6.92 Å². The van der Waals surface area contributed by atoms with Crippen molar-refractivity contribution in [3.63, 3.8) is 0 Å². The normalized spacial score (nSPS) is 18.5. The van der Waals surface area contributed by atoms with Crippen molar-refractivity contribution in [3.8, 4) is 5.75 Å². The van der Waals surface area contributed by atoms with Crippen LogP contribution in [-0.4, -0.2) is 35.4 Å². The van der Waals surface area contributed by atoms with Crippen molar-refractivity contribution in [1.82, 2.24) is 4.90 Å². The van der Waals surface area contributed by atoms with Gasteiger partial charge in [-0.25, -0.2) is 4.39 Å². The number of rotatable bonds is 6. The first-order valence-corrected chi connectivity index (χ1v) is 9.17. The van der Waals surface area contributed by atoms with E-state index in [-0.39, 0.29) is 22.5 Å². The lowest BCUT2D eigenvalue weighted by molar-refractivity contribution is -0.139. The topological polar surface area (TPSA) is 66.8 Å². The molecule has 0 aliphatic carbocycles.